The molecule has 0 aliphatic heterocycles. The minimum absolute atomic E-state index is 0.00959. The van der Waals surface area contributed by atoms with Crippen LogP contribution < -0.4 is 20.7 Å². The number of hydrogen-bond acceptors (Lipinski definition) is 3. The maximum Gasteiger partial charge on any atom is 0.242 e. The van der Waals surface area contributed by atoms with Gasteiger partial charge < -0.3 is 20.7 Å². The molecule has 0 spiro atoms. The monoisotopic (exact) mass is 346 g/mol. The molecule has 2 rings (SSSR count). The van der Waals surface area contributed by atoms with Gasteiger partial charge in [0.1, 0.15) is 18.9 Å². The first kappa shape index (κ1) is 19.1. The zero-order valence-electron chi connectivity index (χ0n) is 15.1. The lowest BCUT2D eigenvalue weighted by atomic mass is 9.95. The molecule has 1 aliphatic rings. The largest absolute Gasteiger partial charge is 0.492 e. The normalized spacial score (nSPS) is 15.5. The molecule has 138 valence electrons. The fourth-order valence-corrected chi connectivity index (χ4v) is 2.87. The standard InChI is InChI=1S/C19H30N4O2/c1-2-20-19(21-13-14-25-17-11-7-4-8-12-17)22-15-18(24)23-16-9-5-3-6-10-16/h4,7-8,11-12,16H,2-3,5-6,9-10,13-15H2,1H3,(H,23,24)(H2,20,21,22). The molecule has 1 amide bonds. The van der Waals surface area contributed by atoms with Crippen LogP contribution in [0.15, 0.2) is 35.3 Å². The van der Waals surface area contributed by atoms with Crippen LogP contribution in [0.25, 0.3) is 0 Å². The summed E-state index contributed by atoms with van der Waals surface area (Å²) in [6.45, 7) is 4.04. The topological polar surface area (TPSA) is 74.8 Å². The average Bonchev–Trinajstić information content (AvgIpc) is 2.65. The number of nitrogens with one attached hydrogen (secondary N) is 3. The lowest BCUT2D eigenvalue weighted by molar-refractivity contribution is -0.120. The first-order valence-corrected chi connectivity index (χ1v) is 9.27. The number of aliphatic imine (C=N–C) groups is 1. The predicted molar refractivity (Wildman–Crippen MR) is 101 cm³/mol. The highest BCUT2D eigenvalue weighted by molar-refractivity contribution is 5.85. The summed E-state index contributed by atoms with van der Waals surface area (Å²) < 4.78 is 5.64. The van der Waals surface area contributed by atoms with Crippen molar-refractivity contribution in [2.24, 2.45) is 4.99 Å². The fourth-order valence-electron chi connectivity index (χ4n) is 2.87. The summed E-state index contributed by atoms with van der Waals surface area (Å²) in [4.78, 5) is 16.4. The van der Waals surface area contributed by atoms with Crippen LogP contribution in [0.3, 0.4) is 0 Å². The zero-order valence-corrected chi connectivity index (χ0v) is 15.1. The molecule has 3 N–H and O–H groups in total. The fraction of sp³-hybridized carbons (Fsp3) is 0.579. The van der Waals surface area contributed by atoms with E-state index in [0.29, 0.717) is 25.2 Å². The van der Waals surface area contributed by atoms with E-state index in [9.17, 15) is 4.79 Å². The van der Waals surface area contributed by atoms with Crippen LogP contribution in [-0.4, -0.2) is 44.1 Å². The molecule has 0 saturated heterocycles. The number of amides is 1. The summed E-state index contributed by atoms with van der Waals surface area (Å²) >= 11 is 0. The molecule has 6 nitrogen and oxygen atoms in total. The van der Waals surface area contributed by atoms with Crippen LogP contribution in [0.2, 0.25) is 0 Å². The molecule has 6 heteroatoms. The molecule has 1 aromatic carbocycles. The van der Waals surface area contributed by atoms with Gasteiger partial charge in [0.25, 0.3) is 0 Å². The van der Waals surface area contributed by atoms with Crippen LogP contribution in [0.1, 0.15) is 39.0 Å². The second-order valence-electron chi connectivity index (χ2n) is 6.19. The van der Waals surface area contributed by atoms with E-state index in [2.05, 4.69) is 20.9 Å². The number of benzene rings is 1. The van der Waals surface area contributed by atoms with E-state index >= 15 is 0 Å². The quantitative estimate of drug-likeness (QED) is 0.383. The highest BCUT2D eigenvalue weighted by atomic mass is 16.5. The smallest absolute Gasteiger partial charge is 0.242 e. The van der Waals surface area contributed by atoms with Crippen molar-refractivity contribution in [1.29, 1.82) is 0 Å². The van der Waals surface area contributed by atoms with Gasteiger partial charge in [0.15, 0.2) is 5.96 Å². The molecule has 0 radical (unpaired) electrons. The Morgan fingerprint density at radius 3 is 2.64 bits per heavy atom. The number of nitrogens with zero attached hydrogens (tertiary/aromatic N) is 1. The number of carbonyl (C=O) groups is 1. The summed E-state index contributed by atoms with van der Waals surface area (Å²) in [5, 5.41) is 9.41. The third kappa shape index (κ3) is 7.92. The van der Waals surface area contributed by atoms with Gasteiger partial charge in [-0.25, -0.2) is 4.99 Å². The van der Waals surface area contributed by atoms with Crippen molar-refractivity contribution in [3.63, 3.8) is 0 Å². The molecule has 0 aromatic heterocycles. The predicted octanol–water partition coefficient (Wildman–Crippen LogP) is 2.07. The SMILES string of the molecule is CCNC(=NCC(=O)NC1CCCCC1)NCCOc1ccccc1. The van der Waals surface area contributed by atoms with Gasteiger partial charge in [-0.05, 0) is 31.9 Å². The molecular formula is C19H30N4O2. The Morgan fingerprint density at radius 2 is 1.92 bits per heavy atom. The van der Waals surface area contributed by atoms with Gasteiger partial charge in [0, 0.05) is 12.6 Å². The zero-order chi connectivity index (χ0) is 17.7. The van der Waals surface area contributed by atoms with Crippen molar-refractivity contribution in [3.8, 4) is 5.75 Å². The molecule has 1 aliphatic carbocycles. The second kappa shape index (κ2) is 11.3. The molecule has 1 saturated carbocycles. The highest BCUT2D eigenvalue weighted by Crippen LogP contribution is 2.17. The lowest BCUT2D eigenvalue weighted by Gasteiger charge is -2.22. The van der Waals surface area contributed by atoms with Crippen LogP contribution >= 0.6 is 0 Å². The summed E-state index contributed by atoms with van der Waals surface area (Å²) in [7, 11) is 0. The van der Waals surface area contributed by atoms with Crippen molar-refractivity contribution < 1.29 is 9.53 Å². The highest BCUT2D eigenvalue weighted by Gasteiger charge is 2.15. The van der Waals surface area contributed by atoms with Crippen molar-refractivity contribution in [2.75, 3.05) is 26.2 Å². The molecule has 1 fully saturated rings. The Labute approximate surface area is 150 Å². The number of rotatable bonds is 8. The Kier molecular flexibility index (Phi) is 8.66. The Balaban J connectivity index is 1.68. The maximum atomic E-state index is 12.0. The third-order valence-electron chi connectivity index (χ3n) is 4.10. The second-order valence-corrected chi connectivity index (χ2v) is 6.19. The van der Waals surface area contributed by atoms with E-state index < -0.39 is 0 Å². The number of guanidine groups is 1. The van der Waals surface area contributed by atoms with Crippen molar-refractivity contribution >= 4 is 11.9 Å². The minimum Gasteiger partial charge on any atom is -0.492 e. The van der Waals surface area contributed by atoms with Crippen molar-refractivity contribution in [2.45, 2.75) is 45.1 Å². The van der Waals surface area contributed by atoms with Gasteiger partial charge in [-0.1, -0.05) is 37.5 Å². The summed E-state index contributed by atoms with van der Waals surface area (Å²) in [6.07, 6.45) is 5.87. The molecule has 25 heavy (non-hydrogen) atoms. The van der Waals surface area contributed by atoms with Crippen LogP contribution in [0, 0.1) is 0 Å². The van der Waals surface area contributed by atoms with Gasteiger partial charge in [0.2, 0.25) is 5.91 Å². The van der Waals surface area contributed by atoms with Gasteiger partial charge in [-0.15, -0.1) is 0 Å². The van der Waals surface area contributed by atoms with E-state index in [1.807, 2.05) is 37.3 Å². The van der Waals surface area contributed by atoms with Gasteiger partial charge >= 0.3 is 0 Å². The first-order chi connectivity index (χ1) is 12.3. The van der Waals surface area contributed by atoms with Crippen LogP contribution in [0.5, 0.6) is 5.75 Å². The maximum absolute atomic E-state index is 12.0. The van der Waals surface area contributed by atoms with E-state index in [-0.39, 0.29) is 12.5 Å². The third-order valence-corrected chi connectivity index (χ3v) is 4.10. The van der Waals surface area contributed by atoms with E-state index in [0.717, 1.165) is 25.1 Å². The van der Waals surface area contributed by atoms with Crippen molar-refractivity contribution in [1.82, 2.24) is 16.0 Å². The Morgan fingerprint density at radius 1 is 1.16 bits per heavy atom. The molecule has 1 aromatic rings. The lowest BCUT2D eigenvalue weighted by Crippen LogP contribution is -2.41. The van der Waals surface area contributed by atoms with Crippen LogP contribution in [-0.2, 0) is 4.79 Å². The molecule has 0 unspecified atom stereocenters. The van der Waals surface area contributed by atoms with E-state index in [1.165, 1.54) is 19.3 Å². The minimum atomic E-state index is -0.00959. The number of carbonyl (C=O) groups excluding carboxylic acids is 1. The molecule has 0 bridgehead atoms. The van der Waals surface area contributed by atoms with Gasteiger partial charge in [-0.3, -0.25) is 4.79 Å². The van der Waals surface area contributed by atoms with E-state index in [1.54, 1.807) is 0 Å². The summed E-state index contributed by atoms with van der Waals surface area (Å²) in [5.41, 5.74) is 0. The van der Waals surface area contributed by atoms with Gasteiger partial charge in [0.05, 0.1) is 6.54 Å². The Bertz CT molecular complexity index is 527. The molecular weight excluding hydrogens is 316 g/mol. The number of hydrogen-bond donors (Lipinski definition) is 3. The number of para-hydroxylation sites is 1. The van der Waals surface area contributed by atoms with Gasteiger partial charge in [-0.2, -0.15) is 0 Å². The average molecular weight is 346 g/mol. The molecule has 0 atom stereocenters. The van der Waals surface area contributed by atoms with Crippen molar-refractivity contribution in [3.05, 3.63) is 30.3 Å². The summed E-state index contributed by atoms with van der Waals surface area (Å²) in [6, 6.07) is 10.0. The first-order valence-electron chi connectivity index (χ1n) is 9.27. The number of ether oxygens (including phenoxy) is 1. The van der Waals surface area contributed by atoms with Crippen LogP contribution in [0.4, 0.5) is 0 Å². The summed E-state index contributed by atoms with van der Waals surface area (Å²) in [5.74, 6) is 1.47. The molecule has 0 heterocycles. The van der Waals surface area contributed by atoms with E-state index in [4.69, 9.17) is 4.74 Å². The Hall–Kier alpha value is -2.24.